The van der Waals surface area contributed by atoms with Gasteiger partial charge in [-0.05, 0) is 45.8 Å². The normalized spacial score (nSPS) is 12.1. The highest BCUT2D eigenvalue weighted by atomic mass is 19.1. The van der Waals surface area contributed by atoms with Crippen LogP contribution in [0.4, 0.5) is 8.78 Å². The maximum absolute atomic E-state index is 14.5. The van der Waals surface area contributed by atoms with E-state index >= 15 is 0 Å². The van der Waals surface area contributed by atoms with Crippen molar-refractivity contribution in [2.24, 2.45) is 0 Å². The van der Waals surface area contributed by atoms with E-state index in [0.717, 1.165) is 27.6 Å². The van der Waals surface area contributed by atoms with E-state index in [9.17, 15) is 8.78 Å². The van der Waals surface area contributed by atoms with Crippen molar-refractivity contribution in [1.29, 1.82) is 0 Å². The van der Waals surface area contributed by atoms with Crippen molar-refractivity contribution < 1.29 is 8.78 Å². The fourth-order valence-electron chi connectivity index (χ4n) is 3.63. The minimum atomic E-state index is -0.315. The van der Waals surface area contributed by atoms with E-state index in [1.54, 1.807) is 12.1 Å². The van der Waals surface area contributed by atoms with Crippen LogP contribution in [-0.2, 0) is 0 Å². The van der Waals surface area contributed by atoms with Gasteiger partial charge in [0.2, 0.25) is 0 Å². The lowest BCUT2D eigenvalue weighted by Gasteiger charge is -2.09. The molecule has 0 saturated carbocycles. The van der Waals surface area contributed by atoms with Gasteiger partial charge in [-0.15, -0.1) is 0 Å². The minimum Gasteiger partial charge on any atom is -0.206 e. The van der Waals surface area contributed by atoms with Gasteiger partial charge >= 0.3 is 0 Å². The fourth-order valence-corrected chi connectivity index (χ4v) is 3.63. The van der Waals surface area contributed by atoms with Crippen molar-refractivity contribution in [2.45, 2.75) is 0 Å². The van der Waals surface area contributed by atoms with Crippen molar-refractivity contribution in [3.8, 4) is 22.3 Å². The molecule has 0 amide bonds. The summed E-state index contributed by atoms with van der Waals surface area (Å²) < 4.78 is 28.8. The molecule has 0 saturated heterocycles. The molecule has 0 atom stereocenters. The second kappa shape index (κ2) is 3.92. The van der Waals surface area contributed by atoms with Gasteiger partial charge in [-0.3, -0.25) is 0 Å². The second-order valence-electron chi connectivity index (χ2n) is 5.65. The molecule has 4 aromatic rings. The van der Waals surface area contributed by atoms with Crippen molar-refractivity contribution in [3.63, 3.8) is 0 Å². The molecule has 22 heavy (non-hydrogen) atoms. The SMILES string of the molecule is Fc1cccc2c1cc1c3c(ccc(F)c32)-c2ccccc2-1. The molecule has 1 aliphatic rings. The lowest BCUT2D eigenvalue weighted by atomic mass is 9.96. The Morgan fingerprint density at radius 1 is 0.500 bits per heavy atom. The lowest BCUT2D eigenvalue weighted by Crippen LogP contribution is -1.87. The molecule has 2 heteroatoms. The molecule has 0 radical (unpaired) electrons. The number of hydrogen-bond donors (Lipinski definition) is 0. The second-order valence-corrected chi connectivity index (χ2v) is 5.65. The summed E-state index contributed by atoms with van der Waals surface area (Å²) in [6.45, 7) is 0. The van der Waals surface area contributed by atoms with Crippen LogP contribution in [0.25, 0.3) is 43.8 Å². The van der Waals surface area contributed by atoms with Crippen LogP contribution in [0.15, 0.2) is 60.7 Å². The average Bonchev–Trinajstić information content (AvgIpc) is 2.86. The smallest absolute Gasteiger partial charge is 0.131 e. The number of hydrogen-bond acceptors (Lipinski definition) is 0. The van der Waals surface area contributed by atoms with Crippen molar-refractivity contribution >= 4 is 21.5 Å². The zero-order chi connectivity index (χ0) is 14.8. The van der Waals surface area contributed by atoms with E-state index < -0.39 is 0 Å². The largest absolute Gasteiger partial charge is 0.206 e. The van der Waals surface area contributed by atoms with Gasteiger partial charge in [-0.2, -0.15) is 0 Å². The van der Waals surface area contributed by atoms with Crippen molar-refractivity contribution in [3.05, 3.63) is 72.3 Å². The monoisotopic (exact) mass is 288 g/mol. The number of rotatable bonds is 0. The Labute approximate surface area is 125 Å². The predicted molar refractivity (Wildman–Crippen MR) is 85.8 cm³/mol. The number of benzene rings is 4. The fraction of sp³-hybridized carbons (Fsp3) is 0. The number of halogens is 2. The molecule has 4 aromatic carbocycles. The Bertz CT molecular complexity index is 1090. The van der Waals surface area contributed by atoms with Crippen molar-refractivity contribution in [2.75, 3.05) is 0 Å². The molecular weight excluding hydrogens is 278 g/mol. The maximum atomic E-state index is 14.5. The Balaban J connectivity index is 2.14. The van der Waals surface area contributed by atoms with E-state index in [2.05, 4.69) is 0 Å². The van der Waals surface area contributed by atoms with Gasteiger partial charge in [0.25, 0.3) is 0 Å². The molecule has 5 rings (SSSR count). The van der Waals surface area contributed by atoms with Crippen LogP contribution < -0.4 is 0 Å². The zero-order valence-electron chi connectivity index (χ0n) is 11.5. The van der Waals surface area contributed by atoms with Gasteiger partial charge in [0.05, 0.1) is 0 Å². The first kappa shape index (κ1) is 11.9. The molecule has 104 valence electrons. The molecule has 0 N–H and O–H groups in total. The van der Waals surface area contributed by atoms with Crippen LogP contribution in [-0.4, -0.2) is 0 Å². The first-order valence-electron chi connectivity index (χ1n) is 7.19. The summed E-state index contributed by atoms with van der Waals surface area (Å²) in [4.78, 5) is 0. The van der Waals surface area contributed by atoms with Gasteiger partial charge in [0, 0.05) is 16.2 Å². The topological polar surface area (TPSA) is 0 Å². The maximum Gasteiger partial charge on any atom is 0.131 e. The lowest BCUT2D eigenvalue weighted by molar-refractivity contribution is 0.638. The third-order valence-corrected chi connectivity index (χ3v) is 4.54. The molecule has 0 heterocycles. The van der Waals surface area contributed by atoms with Crippen LogP contribution in [0.1, 0.15) is 0 Å². The summed E-state index contributed by atoms with van der Waals surface area (Å²) in [5.41, 5.74) is 4.06. The van der Waals surface area contributed by atoms with Crippen LogP contribution in [0.3, 0.4) is 0 Å². The highest BCUT2D eigenvalue weighted by Crippen LogP contribution is 2.49. The number of fused-ring (bicyclic) bond motifs is 5. The van der Waals surface area contributed by atoms with Gasteiger partial charge in [0.1, 0.15) is 11.6 Å². The summed E-state index contributed by atoms with van der Waals surface area (Å²) in [6.07, 6.45) is 0. The van der Waals surface area contributed by atoms with Gasteiger partial charge < -0.3 is 0 Å². The van der Waals surface area contributed by atoms with E-state index in [-0.39, 0.29) is 11.6 Å². The summed E-state index contributed by atoms with van der Waals surface area (Å²) in [6, 6.07) is 18.0. The van der Waals surface area contributed by atoms with Gasteiger partial charge in [0.15, 0.2) is 0 Å². The Morgan fingerprint density at radius 2 is 1.27 bits per heavy atom. The average molecular weight is 288 g/mol. The third-order valence-electron chi connectivity index (χ3n) is 4.54. The molecule has 0 bridgehead atoms. The molecule has 1 aliphatic carbocycles. The Morgan fingerprint density at radius 3 is 2.09 bits per heavy atom. The molecule has 0 aliphatic heterocycles. The standard InChI is InChI=1S/C20H10F2/c21-17-7-3-6-13-15(17)10-16-12-5-2-1-4-11(12)14-8-9-18(22)20(13)19(14)16/h1-10H. The molecule has 0 fully saturated rings. The van der Waals surface area contributed by atoms with Gasteiger partial charge in [-0.25, -0.2) is 8.78 Å². The zero-order valence-corrected chi connectivity index (χ0v) is 11.5. The van der Waals surface area contributed by atoms with Crippen molar-refractivity contribution in [1.82, 2.24) is 0 Å². The minimum absolute atomic E-state index is 0.302. The summed E-state index contributed by atoms with van der Waals surface area (Å²) in [7, 11) is 0. The molecule has 0 unspecified atom stereocenters. The van der Waals surface area contributed by atoms with Crippen LogP contribution >= 0.6 is 0 Å². The first-order valence-corrected chi connectivity index (χ1v) is 7.19. The predicted octanol–water partition coefficient (Wildman–Crippen LogP) is 5.92. The van der Waals surface area contributed by atoms with Crippen LogP contribution in [0.5, 0.6) is 0 Å². The van der Waals surface area contributed by atoms with Crippen LogP contribution in [0.2, 0.25) is 0 Å². The highest BCUT2D eigenvalue weighted by molar-refractivity contribution is 6.23. The molecule has 0 nitrogen and oxygen atoms in total. The Hall–Kier alpha value is -2.74. The summed E-state index contributed by atoms with van der Waals surface area (Å²) >= 11 is 0. The van der Waals surface area contributed by atoms with E-state index in [0.29, 0.717) is 16.2 Å². The van der Waals surface area contributed by atoms with E-state index in [1.165, 1.54) is 12.1 Å². The highest BCUT2D eigenvalue weighted by Gasteiger charge is 2.24. The Kier molecular flexibility index (Phi) is 2.11. The first-order chi connectivity index (χ1) is 10.8. The van der Waals surface area contributed by atoms with E-state index in [4.69, 9.17) is 0 Å². The van der Waals surface area contributed by atoms with Crippen LogP contribution in [0, 0.1) is 11.6 Å². The molecule has 0 spiro atoms. The summed E-state index contributed by atoms with van der Waals surface area (Å²) in [5, 5.41) is 2.50. The molecule has 0 aromatic heterocycles. The van der Waals surface area contributed by atoms with E-state index in [1.807, 2.05) is 36.4 Å². The quantitative estimate of drug-likeness (QED) is 0.310. The van der Waals surface area contributed by atoms with Gasteiger partial charge in [-0.1, -0.05) is 42.5 Å². The summed E-state index contributed by atoms with van der Waals surface area (Å²) in [5.74, 6) is -0.617. The third kappa shape index (κ3) is 1.30. The molecular formula is C20H10F2.